The Morgan fingerprint density at radius 3 is 2.44 bits per heavy atom. The molecule has 3 rings (SSSR count). The second kappa shape index (κ2) is 15.1. The number of carbonyl (C=O) groups is 2. The lowest BCUT2D eigenvalue weighted by Crippen LogP contribution is -2.43. The molecule has 1 aliphatic rings. The highest BCUT2D eigenvalue weighted by Crippen LogP contribution is 2.31. The molecular weight excluding hydrogens is 456 g/mol. The lowest BCUT2D eigenvalue weighted by atomic mass is 10.0. The number of unbranched alkanes of at least 4 members (excludes halogenated alkanes) is 3. The van der Waals surface area contributed by atoms with Crippen LogP contribution in [0.1, 0.15) is 67.8 Å². The maximum absolute atomic E-state index is 12.7. The van der Waals surface area contributed by atoms with E-state index in [0.29, 0.717) is 31.6 Å². The van der Waals surface area contributed by atoms with Gasteiger partial charge in [-0.05, 0) is 74.2 Å². The van der Waals surface area contributed by atoms with Gasteiger partial charge >= 0.3 is 0 Å². The number of amides is 1. The Morgan fingerprint density at radius 2 is 1.69 bits per heavy atom. The predicted octanol–water partition coefficient (Wildman–Crippen LogP) is 4.72. The van der Waals surface area contributed by atoms with E-state index in [1.54, 1.807) is 31.4 Å². The fourth-order valence-electron chi connectivity index (χ4n) is 4.22. The van der Waals surface area contributed by atoms with Crippen molar-refractivity contribution in [3.05, 3.63) is 53.6 Å². The Morgan fingerprint density at radius 1 is 0.944 bits per heavy atom. The van der Waals surface area contributed by atoms with E-state index in [0.717, 1.165) is 74.4 Å². The molecule has 2 aromatic rings. The molecule has 7 heteroatoms. The van der Waals surface area contributed by atoms with E-state index < -0.39 is 0 Å². The van der Waals surface area contributed by atoms with Gasteiger partial charge in [0, 0.05) is 31.0 Å². The van der Waals surface area contributed by atoms with Crippen LogP contribution in [0.5, 0.6) is 17.2 Å². The first kappa shape index (κ1) is 27.5. The summed E-state index contributed by atoms with van der Waals surface area (Å²) in [6, 6.07) is 13.2. The summed E-state index contributed by atoms with van der Waals surface area (Å²) in [6.07, 6.45) is 6.30. The molecule has 0 spiro atoms. The van der Waals surface area contributed by atoms with E-state index in [4.69, 9.17) is 14.2 Å². The Kier molecular flexibility index (Phi) is 11.6. The molecule has 0 radical (unpaired) electrons. The van der Waals surface area contributed by atoms with Crippen LogP contribution in [0.4, 0.5) is 0 Å². The Labute approximate surface area is 214 Å². The normalized spacial score (nSPS) is 13.2. The van der Waals surface area contributed by atoms with E-state index in [1.807, 2.05) is 18.2 Å². The van der Waals surface area contributed by atoms with Crippen LogP contribution >= 0.6 is 0 Å². The molecule has 0 bridgehead atoms. The third-order valence-electron chi connectivity index (χ3n) is 6.27. The van der Waals surface area contributed by atoms with Gasteiger partial charge in [0.1, 0.15) is 19.0 Å². The van der Waals surface area contributed by atoms with Crippen molar-refractivity contribution in [1.29, 1.82) is 0 Å². The number of hydrogen-bond donors (Lipinski definition) is 2. The lowest BCUT2D eigenvalue weighted by Gasteiger charge is -2.22. The van der Waals surface area contributed by atoms with Gasteiger partial charge in [-0.1, -0.05) is 25.8 Å². The number of benzene rings is 2. The molecule has 0 aromatic heterocycles. The maximum atomic E-state index is 12.7. The molecule has 1 aliphatic heterocycles. The number of Topliss-reactive ketones (excluding diaryl/α,β-unsaturated/α-hetero) is 1. The largest absolute Gasteiger partial charge is 0.497 e. The SMILES string of the molecule is CCCCNCC(Cc1ccc2c(c1)OCCO2)NC(=O)CCCCCC(=O)c1ccc(OC)cc1. The second-order valence-corrected chi connectivity index (χ2v) is 9.22. The summed E-state index contributed by atoms with van der Waals surface area (Å²) in [7, 11) is 1.61. The predicted molar refractivity (Wildman–Crippen MR) is 141 cm³/mol. The molecule has 2 N–H and O–H groups in total. The molecule has 1 atom stereocenters. The topological polar surface area (TPSA) is 85.9 Å². The van der Waals surface area contributed by atoms with E-state index in [9.17, 15) is 9.59 Å². The van der Waals surface area contributed by atoms with Crippen LogP contribution in [0.3, 0.4) is 0 Å². The number of ketones is 1. The van der Waals surface area contributed by atoms with Crippen LogP contribution in [0, 0.1) is 0 Å². The van der Waals surface area contributed by atoms with E-state index in [-0.39, 0.29) is 17.7 Å². The lowest BCUT2D eigenvalue weighted by molar-refractivity contribution is -0.121. The molecule has 36 heavy (non-hydrogen) atoms. The van der Waals surface area contributed by atoms with Gasteiger partial charge < -0.3 is 24.8 Å². The smallest absolute Gasteiger partial charge is 0.220 e. The number of rotatable bonds is 16. The molecule has 0 saturated heterocycles. The highest BCUT2D eigenvalue weighted by molar-refractivity contribution is 5.96. The summed E-state index contributed by atoms with van der Waals surface area (Å²) in [4.78, 5) is 25.0. The van der Waals surface area contributed by atoms with Crippen molar-refractivity contribution in [3.63, 3.8) is 0 Å². The van der Waals surface area contributed by atoms with Gasteiger partial charge in [0.25, 0.3) is 0 Å². The van der Waals surface area contributed by atoms with Crippen molar-refractivity contribution < 1.29 is 23.8 Å². The minimum atomic E-state index is -0.00596. The van der Waals surface area contributed by atoms with Gasteiger partial charge in [0.2, 0.25) is 5.91 Å². The first-order valence-corrected chi connectivity index (χ1v) is 13.1. The summed E-state index contributed by atoms with van der Waals surface area (Å²) in [5.74, 6) is 2.46. The average Bonchev–Trinajstić information content (AvgIpc) is 2.90. The standard InChI is InChI=1S/C29H40N2O5/c1-3-4-16-30-21-24(19-22-10-15-27-28(20-22)36-18-17-35-27)31-29(33)9-7-5-6-8-26(32)23-11-13-25(34-2)14-12-23/h10-15,20,24,30H,3-9,16-19,21H2,1-2H3,(H,31,33). The number of fused-ring (bicyclic) bond motifs is 1. The van der Waals surface area contributed by atoms with Crippen molar-refractivity contribution in [3.8, 4) is 17.2 Å². The molecule has 2 aromatic carbocycles. The molecule has 196 valence electrons. The summed E-state index contributed by atoms with van der Waals surface area (Å²) in [6.45, 7) is 4.95. The zero-order valence-corrected chi connectivity index (χ0v) is 21.6. The summed E-state index contributed by atoms with van der Waals surface area (Å²) in [5, 5.41) is 6.68. The van der Waals surface area contributed by atoms with E-state index in [2.05, 4.69) is 17.6 Å². The van der Waals surface area contributed by atoms with Crippen LogP contribution in [0.2, 0.25) is 0 Å². The van der Waals surface area contributed by atoms with Crippen LogP contribution in [-0.4, -0.2) is 51.1 Å². The minimum Gasteiger partial charge on any atom is -0.497 e. The van der Waals surface area contributed by atoms with Crippen molar-refractivity contribution >= 4 is 11.7 Å². The van der Waals surface area contributed by atoms with Crippen molar-refractivity contribution in [2.24, 2.45) is 0 Å². The Balaban J connectivity index is 1.41. The number of methoxy groups -OCH3 is 1. The van der Waals surface area contributed by atoms with Crippen LogP contribution in [0.25, 0.3) is 0 Å². The van der Waals surface area contributed by atoms with Gasteiger partial charge in [-0.25, -0.2) is 0 Å². The zero-order chi connectivity index (χ0) is 25.6. The van der Waals surface area contributed by atoms with Crippen molar-refractivity contribution in [2.75, 3.05) is 33.4 Å². The average molecular weight is 497 g/mol. The first-order valence-electron chi connectivity index (χ1n) is 13.1. The second-order valence-electron chi connectivity index (χ2n) is 9.22. The van der Waals surface area contributed by atoms with Crippen LogP contribution in [-0.2, 0) is 11.2 Å². The Bertz CT molecular complexity index is 961. The van der Waals surface area contributed by atoms with Gasteiger partial charge in [-0.3, -0.25) is 9.59 Å². The van der Waals surface area contributed by atoms with E-state index in [1.165, 1.54) is 0 Å². The summed E-state index contributed by atoms with van der Waals surface area (Å²) < 4.78 is 16.5. The first-order chi connectivity index (χ1) is 17.6. The molecule has 0 saturated carbocycles. The quantitative estimate of drug-likeness (QED) is 0.258. The fourth-order valence-corrected chi connectivity index (χ4v) is 4.22. The molecule has 1 unspecified atom stereocenters. The van der Waals surface area contributed by atoms with Crippen molar-refractivity contribution in [2.45, 2.75) is 64.3 Å². The number of carbonyl (C=O) groups excluding carboxylic acids is 2. The number of nitrogens with one attached hydrogen (secondary N) is 2. The Hall–Kier alpha value is -3.06. The highest BCUT2D eigenvalue weighted by Gasteiger charge is 2.16. The molecule has 0 fully saturated rings. The molecule has 1 heterocycles. The number of ether oxygens (including phenoxy) is 3. The number of hydrogen-bond acceptors (Lipinski definition) is 6. The summed E-state index contributed by atoms with van der Waals surface area (Å²) >= 11 is 0. The molecule has 1 amide bonds. The minimum absolute atomic E-state index is 0.00596. The van der Waals surface area contributed by atoms with Gasteiger partial charge in [0.15, 0.2) is 17.3 Å². The van der Waals surface area contributed by atoms with Crippen LogP contribution < -0.4 is 24.8 Å². The summed E-state index contributed by atoms with van der Waals surface area (Å²) in [5.41, 5.74) is 1.81. The molecule has 0 aliphatic carbocycles. The third-order valence-corrected chi connectivity index (χ3v) is 6.27. The van der Waals surface area contributed by atoms with E-state index >= 15 is 0 Å². The molecular formula is C29H40N2O5. The maximum Gasteiger partial charge on any atom is 0.220 e. The molecule has 7 nitrogen and oxygen atoms in total. The third kappa shape index (κ3) is 9.19. The van der Waals surface area contributed by atoms with Gasteiger partial charge in [-0.15, -0.1) is 0 Å². The van der Waals surface area contributed by atoms with Crippen LogP contribution in [0.15, 0.2) is 42.5 Å². The monoisotopic (exact) mass is 496 g/mol. The van der Waals surface area contributed by atoms with Crippen molar-refractivity contribution in [1.82, 2.24) is 10.6 Å². The highest BCUT2D eigenvalue weighted by atomic mass is 16.6. The van der Waals surface area contributed by atoms with Gasteiger partial charge in [0.05, 0.1) is 7.11 Å². The fraction of sp³-hybridized carbons (Fsp3) is 0.517. The van der Waals surface area contributed by atoms with Gasteiger partial charge in [-0.2, -0.15) is 0 Å². The zero-order valence-electron chi connectivity index (χ0n) is 21.6.